The molecule has 0 aliphatic heterocycles. The first-order valence-electron chi connectivity index (χ1n) is 5.28. The number of nitrogen functional groups attached to an aromatic ring is 1. The van der Waals surface area contributed by atoms with Gasteiger partial charge in [-0.15, -0.1) is 11.3 Å². The molecule has 2 rings (SSSR count). The lowest BCUT2D eigenvalue weighted by molar-refractivity contribution is 0.590. The Labute approximate surface area is 109 Å². The maximum Gasteiger partial charge on any atom is 0.178 e. The highest BCUT2D eigenvalue weighted by molar-refractivity contribution is 7.91. The molecule has 18 heavy (non-hydrogen) atoms. The molecule has 0 spiro atoms. The van der Waals surface area contributed by atoms with Gasteiger partial charge in [-0.1, -0.05) is 6.07 Å². The molecule has 6 heteroatoms. The second kappa shape index (κ2) is 5.07. The number of hydrogen-bond acceptors (Lipinski definition) is 4. The Bertz CT molecular complexity index is 616. The van der Waals surface area contributed by atoms with Gasteiger partial charge >= 0.3 is 0 Å². The van der Waals surface area contributed by atoms with Crippen molar-refractivity contribution in [2.24, 2.45) is 0 Å². The highest BCUT2D eigenvalue weighted by Crippen LogP contribution is 2.19. The molecule has 0 aliphatic carbocycles. The fourth-order valence-corrected chi connectivity index (χ4v) is 3.74. The van der Waals surface area contributed by atoms with Crippen molar-refractivity contribution in [1.82, 2.24) is 0 Å². The topological polar surface area (TPSA) is 60.2 Å². The van der Waals surface area contributed by atoms with E-state index in [0.29, 0.717) is 6.42 Å². The summed E-state index contributed by atoms with van der Waals surface area (Å²) in [4.78, 5) is 0.930. The van der Waals surface area contributed by atoms with Gasteiger partial charge in [-0.2, -0.15) is 0 Å². The zero-order valence-corrected chi connectivity index (χ0v) is 11.1. The van der Waals surface area contributed by atoms with Gasteiger partial charge in [-0.05, 0) is 36.1 Å². The van der Waals surface area contributed by atoms with Gasteiger partial charge in [0.1, 0.15) is 5.82 Å². The Morgan fingerprint density at radius 2 is 2.06 bits per heavy atom. The summed E-state index contributed by atoms with van der Waals surface area (Å²) >= 11 is 1.50. The average molecular weight is 285 g/mol. The maximum absolute atomic E-state index is 13.1. The minimum atomic E-state index is -3.49. The Morgan fingerprint density at radius 3 is 2.67 bits per heavy atom. The quantitative estimate of drug-likeness (QED) is 0.878. The summed E-state index contributed by atoms with van der Waals surface area (Å²) in [7, 11) is -3.49. The van der Waals surface area contributed by atoms with E-state index >= 15 is 0 Å². The molecule has 1 aromatic carbocycles. The number of benzene rings is 1. The molecule has 2 aromatic rings. The van der Waals surface area contributed by atoms with E-state index in [2.05, 4.69) is 0 Å². The normalized spacial score (nSPS) is 11.6. The third-order valence-corrected chi connectivity index (χ3v) is 5.08. The maximum atomic E-state index is 13.1. The third kappa shape index (κ3) is 3.08. The van der Waals surface area contributed by atoms with E-state index in [0.717, 1.165) is 17.0 Å². The molecule has 0 saturated heterocycles. The largest absolute Gasteiger partial charge is 0.399 e. The SMILES string of the molecule is Nc1cc(F)cc(S(=O)(=O)CCc2cccs2)c1. The summed E-state index contributed by atoms with van der Waals surface area (Å²) < 4.78 is 37.2. The minimum absolute atomic E-state index is 0.0452. The summed E-state index contributed by atoms with van der Waals surface area (Å²) in [6.07, 6.45) is 0.427. The van der Waals surface area contributed by atoms with Crippen molar-refractivity contribution in [2.75, 3.05) is 11.5 Å². The molecule has 2 N–H and O–H groups in total. The average Bonchev–Trinajstić information content (AvgIpc) is 2.78. The molecule has 0 unspecified atom stereocenters. The van der Waals surface area contributed by atoms with E-state index in [1.807, 2.05) is 17.5 Å². The Hall–Kier alpha value is -1.40. The fourth-order valence-electron chi connectivity index (χ4n) is 1.57. The van der Waals surface area contributed by atoms with Crippen LogP contribution in [-0.4, -0.2) is 14.2 Å². The lowest BCUT2D eigenvalue weighted by Crippen LogP contribution is -2.09. The summed E-state index contributed by atoms with van der Waals surface area (Å²) in [5.41, 5.74) is 5.56. The Morgan fingerprint density at radius 1 is 1.28 bits per heavy atom. The van der Waals surface area contributed by atoms with Gasteiger partial charge in [-0.25, -0.2) is 12.8 Å². The third-order valence-electron chi connectivity index (χ3n) is 2.45. The van der Waals surface area contributed by atoms with E-state index in [4.69, 9.17) is 5.73 Å². The van der Waals surface area contributed by atoms with Crippen LogP contribution in [0, 0.1) is 5.82 Å². The van der Waals surface area contributed by atoms with Crippen LogP contribution in [-0.2, 0) is 16.3 Å². The van der Waals surface area contributed by atoms with E-state index in [1.165, 1.54) is 17.4 Å². The summed E-state index contributed by atoms with van der Waals surface area (Å²) in [5, 5.41) is 1.89. The van der Waals surface area contributed by atoms with Gasteiger partial charge < -0.3 is 5.73 Å². The number of sulfone groups is 1. The Balaban J connectivity index is 2.20. The number of anilines is 1. The molecule has 3 nitrogen and oxygen atoms in total. The van der Waals surface area contributed by atoms with E-state index in [-0.39, 0.29) is 16.3 Å². The van der Waals surface area contributed by atoms with Crippen molar-refractivity contribution >= 4 is 26.9 Å². The molecule has 1 aromatic heterocycles. The van der Waals surface area contributed by atoms with Gasteiger partial charge in [0.2, 0.25) is 0 Å². The second-order valence-electron chi connectivity index (χ2n) is 3.87. The summed E-state index contributed by atoms with van der Waals surface area (Å²) in [6.45, 7) is 0. The number of nitrogens with two attached hydrogens (primary N) is 1. The zero-order valence-electron chi connectivity index (χ0n) is 9.47. The highest BCUT2D eigenvalue weighted by atomic mass is 32.2. The van der Waals surface area contributed by atoms with Crippen LogP contribution in [0.5, 0.6) is 0 Å². The monoisotopic (exact) mass is 285 g/mol. The van der Waals surface area contributed by atoms with Crippen LogP contribution in [0.25, 0.3) is 0 Å². The van der Waals surface area contributed by atoms with Gasteiger partial charge in [0.15, 0.2) is 9.84 Å². The fraction of sp³-hybridized carbons (Fsp3) is 0.167. The van der Waals surface area contributed by atoms with Crippen LogP contribution < -0.4 is 5.73 Å². The number of halogens is 1. The van der Waals surface area contributed by atoms with Crippen molar-refractivity contribution in [3.63, 3.8) is 0 Å². The van der Waals surface area contributed by atoms with Crippen LogP contribution >= 0.6 is 11.3 Å². The van der Waals surface area contributed by atoms with Gasteiger partial charge in [0.25, 0.3) is 0 Å². The predicted molar refractivity (Wildman–Crippen MR) is 70.9 cm³/mol. The van der Waals surface area contributed by atoms with Gasteiger partial charge in [0.05, 0.1) is 10.6 Å². The van der Waals surface area contributed by atoms with Crippen LogP contribution in [0.15, 0.2) is 40.6 Å². The zero-order chi connectivity index (χ0) is 13.2. The first-order valence-corrected chi connectivity index (χ1v) is 7.82. The van der Waals surface area contributed by atoms with E-state index < -0.39 is 15.7 Å². The molecule has 0 aliphatic rings. The van der Waals surface area contributed by atoms with Crippen molar-refractivity contribution in [3.8, 4) is 0 Å². The number of rotatable bonds is 4. The molecule has 0 saturated carbocycles. The van der Waals surface area contributed by atoms with Gasteiger partial charge in [-0.3, -0.25) is 0 Å². The van der Waals surface area contributed by atoms with Crippen molar-refractivity contribution in [1.29, 1.82) is 0 Å². The van der Waals surface area contributed by atoms with Crippen molar-refractivity contribution in [2.45, 2.75) is 11.3 Å². The minimum Gasteiger partial charge on any atom is -0.399 e. The first kappa shape index (κ1) is 13.0. The summed E-state index contributed by atoms with van der Waals surface area (Å²) in [5.74, 6) is -0.680. The number of thiophene rings is 1. The summed E-state index contributed by atoms with van der Waals surface area (Å²) in [6, 6.07) is 7.12. The van der Waals surface area contributed by atoms with Gasteiger partial charge in [0, 0.05) is 10.6 Å². The highest BCUT2D eigenvalue weighted by Gasteiger charge is 2.16. The Kier molecular flexibility index (Phi) is 3.68. The van der Waals surface area contributed by atoms with Crippen LogP contribution in [0.4, 0.5) is 10.1 Å². The van der Waals surface area contributed by atoms with Crippen molar-refractivity contribution in [3.05, 3.63) is 46.4 Å². The molecule has 0 amide bonds. The molecule has 0 bridgehead atoms. The lowest BCUT2D eigenvalue weighted by atomic mass is 10.3. The number of aryl methyl sites for hydroxylation is 1. The smallest absolute Gasteiger partial charge is 0.178 e. The molecular formula is C12H12FNO2S2. The lowest BCUT2D eigenvalue weighted by Gasteiger charge is -2.05. The molecule has 96 valence electrons. The van der Waals surface area contributed by atoms with E-state index in [1.54, 1.807) is 0 Å². The molecule has 0 atom stereocenters. The molecule has 0 radical (unpaired) electrons. The molecule has 0 fully saturated rings. The first-order chi connectivity index (χ1) is 8.47. The van der Waals surface area contributed by atoms with E-state index in [9.17, 15) is 12.8 Å². The standard InChI is InChI=1S/C12H12FNO2S2/c13-9-6-10(14)8-12(7-9)18(15,16)5-3-11-2-1-4-17-11/h1-2,4,6-8H,3,5,14H2. The van der Waals surface area contributed by atoms with Crippen LogP contribution in [0.3, 0.4) is 0 Å². The predicted octanol–water partition coefficient (Wildman–Crippen LogP) is 2.49. The molecule has 1 heterocycles. The number of hydrogen-bond donors (Lipinski definition) is 1. The molecular weight excluding hydrogens is 273 g/mol. The van der Waals surface area contributed by atoms with Crippen LogP contribution in [0.2, 0.25) is 0 Å². The second-order valence-corrected chi connectivity index (χ2v) is 7.01. The van der Waals surface area contributed by atoms with Crippen LogP contribution in [0.1, 0.15) is 4.88 Å². The van der Waals surface area contributed by atoms with Crippen molar-refractivity contribution < 1.29 is 12.8 Å².